The third-order valence-electron chi connectivity index (χ3n) is 5.87. The van der Waals surface area contributed by atoms with Crippen molar-refractivity contribution in [1.29, 1.82) is 0 Å². The van der Waals surface area contributed by atoms with E-state index in [1.165, 1.54) is 7.11 Å². The van der Waals surface area contributed by atoms with Crippen LogP contribution >= 0.6 is 0 Å². The summed E-state index contributed by atoms with van der Waals surface area (Å²) in [5.74, 6) is -0.00818. The third kappa shape index (κ3) is 4.61. The zero-order chi connectivity index (χ0) is 19.6. The van der Waals surface area contributed by atoms with E-state index in [-0.39, 0.29) is 23.0 Å². The molecule has 0 unspecified atom stereocenters. The SMILES string of the molecule is COc1cccc(CCC(=O)N2CC(N3CCN(C(C)(C)C)CC3)C2)c1F. The molecule has 0 atom stereocenters. The molecule has 27 heavy (non-hydrogen) atoms. The average Bonchev–Trinajstić information content (AvgIpc) is 2.59. The fraction of sp³-hybridized carbons (Fsp3) is 0.667. The molecule has 2 aliphatic heterocycles. The maximum absolute atomic E-state index is 14.2. The van der Waals surface area contributed by atoms with Crippen LogP contribution in [0.1, 0.15) is 32.8 Å². The fourth-order valence-corrected chi connectivity index (χ4v) is 3.95. The second kappa shape index (κ2) is 8.15. The quantitative estimate of drug-likeness (QED) is 0.790. The molecular weight excluding hydrogens is 345 g/mol. The van der Waals surface area contributed by atoms with Crippen molar-refractivity contribution in [2.45, 2.75) is 45.2 Å². The minimum Gasteiger partial charge on any atom is -0.494 e. The smallest absolute Gasteiger partial charge is 0.223 e. The van der Waals surface area contributed by atoms with Crippen molar-refractivity contribution < 1.29 is 13.9 Å². The molecule has 1 aromatic carbocycles. The highest BCUT2D eigenvalue weighted by atomic mass is 19.1. The van der Waals surface area contributed by atoms with Crippen LogP contribution in [-0.2, 0) is 11.2 Å². The van der Waals surface area contributed by atoms with Gasteiger partial charge < -0.3 is 9.64 Å². The van der Waals surface area contributed by atoms with Gasteiger partial charge in [0.25, 0.3) is 0 Å². The summed E-state index contributed by atoms with van der Waals surface area (Å²) in [4.78, 5) is 19.4. The lowest BCUT2D eigenvalue weighted by atomic mass is 10.0. The van der Waals surface area contributed by atoms with Crippen LogP contribution in [0.4, 0.5) is 4.39 Å². The van der Waals surface area contributed by atoms with Crippen LogP contribution in [-0.4, -0.2) is 78.6 Å². The summed E-state index contributed by atoms with van der Waals surface area (Å²) in [7, 11) is 1.45. The number of piperazine rings is 1. The molecule has 0 aliphatic carbocycles. The number of aryl methyl sites for hydroxylation is 1. The van der Waals surface area contributed by atoms with Crippen LogP contribution in [0.15, 0.2) is 18.2 Å². The molecule has 2 saturated heterocycles. The minimum atomic E-state index is -0.356. The number of nitrogens with zero attached hydrogens (tertiary/aromatic N) is 3. The van der Waals surface area contributed by atoms with Crippen molar-refractivity contribution in [3.05, 3.63) is 29.6 Å². The van der Waals surface area contributed by atoms with E-state index in [2.05, 4.69) is 30.6 Å². The first kappa shape index (κ1) is 20.1. The summed E-state index contributed by atoms with van der Waals surface area (Å²) in [5.41, 5.74) is 0.765. The highest BCUT2D eigenvalue weighted by Crippen LogP contribution is 2.23. The van der Waals surface area contributed by atoms with Gasteiger partial charge in [0.15, 0.2) is 11.6 Å². The second-order valence-corrected chi connectivity index (χ2v) is 8.58. The maximum atomic E-state index is 14.2. The van der Waals surface area contributed by atoms with Crippen molar-refractivity contribution >= 4 is 5.91 Å². The molecule has 3 rings (SSSR count). The predicted molar refractivity (Wildman–Crippen MR) is 105 cm³/mol. The van der Waals surface area contributed by atoms with Crippen molar-refractivity contribution in [2.75, 3.05) is 46.4 Å². The van der Waals surface area contributed by atoms with Gasteiger partial charge in [0.1, 0.15) is 0 Å². The number of carbonyl (C=O) groups excluding carboxylic acids is 1. The van der Waals surface area contributed by atoms with Crippen molar-refractivity contribution in [3.63, 3.8) is 0 Å². The Morgan fingerprint density at radius 1 is 1.19 bits per heavy atom. The van der Waals surface area contributed by atoms with Gasteiger partial charge in [-0.3, -0.25) is 14.6 Å². The normalized spacial score (nSPS) is 19.8. The Hall–Kier alpha value is -1.66. The first-order valence-electron chi connectivity index (χ1n) is 9.88. The zero-order valence-corrected chi connectivity index (χ0v) is 17.0. The molecule has 0 bridgehead atoms. The highest BCUT2D eigenvalue weighted by Gasteiger charge is 2.37. The molecular formula is C21H32FN3O2. The number of halogens is 1. The first-order chi connectivity index (χ1) is 12.8. The largest absolute Gasteiger partial charge is 0.494 e. The molecule has 0 radical (unpaired) electrons. The average molecular weight is 378 g/mol. The molecule has 0 N–H and O–H groups in total. The Kier molecular flexibility index (Phi) is 6.06. The Bertz CT molecular complexity index is 660. The number of hydrogen-bond acceptors (Lipinski definition) is 4. The van der Waals surface area contributed by atoms with Crippen molar-refractivity contribution in [2.24, 2.45) is 0 Å². The third-order valence-corrected chi connectivity index (χ3v) is 5.87. The van der Waals surface area contributed by atoms with E-state index in [9.17, 15) is 9.18 Å². The van der Waals surface area contributed by atoms with E-state index in [0.717, 1.165) is 39.3 Å². The number of likely N-dealkylation sites (tertiary alicyclic amines) is 1. The topological polar surface area (TPSA) is 36.0 Å². The first-order valence-corrected chi connectivity index (χ1v) is 9.88. The minimum absolute atomic E-state index is 0.113. The monoisotopic (exact) mass is 377 g/mol. The summed E-state index contributed by atoms with van der Waals surface area (Å²) in [6, 6.07) is 5.56. The van der Waals surface area contributed by atoms with Crippen molar-refractivity contribution in [3.8, 4) is 5.75 Å². The van der Waals surface area contributed by atoms with Gasteiger partial charge in [0.2, 0.25) is 5.91 Å². The number of hydrogen-bond donors (Lipinski definition) is 0. The number of rotatable bonds is 5. The van der Waals surface area contributed by atoms with Gasteiger partial charge in [-0.25, -0.2) is 4.39 Å². The molecule has 1 aromatic rings. The van der Waals surface area contributed by atoms with Crippen LogP contribution in [0.5, 0.6) is 5.75 Å². The lowest BCUT2D eigenvalue weighted by Gasteiger charge is -2.50. The van der Waals surface area contributed by atoms with Crippen LogP contribution in [0.3, 0.4) is 0 Å². The Labute approximate surface area is 162 Å². The number of ether oxygens (including phenoxy) is 1. The van der Waals surface area contributed by atoms with E-state index in [4.69, 9.17) is 4.74 Å². The van der Waals surface area contributed by atoms with Gasteiger partial charge in [0, 0.05) is 57.3 Å². The molecule has 5 nitrogen and oxygen atoms in total. The zero-order valence-electron chi connectivity index (χ0n) is 17.0. The molecule has 0 spiro atoms. The number of amides is 1. The lowest BCUT2D eigenvalue weighted by molar-refractivity contribution is -0.139. The number of methoxy groups -OCH3 is 1. The van der Waals surface area contributed by atoms with Gasteiger partial charge >= 0.3 is 0 Å². The van der Waals surface area contributed by atoms with Gasteiger partial charge in [-0.15, -0.1) is 0 Å². The van der Waals surface area contributed by atoms with Gasteiger partial charge in [-0.05, 0) is 38.8 Å². The molecule has 0 saturated carbocycles. The summed E-state index contributed by atoms with van der Waals surface area (Å²) in [6.07, 6.45) is 0.752. The van der Waals surface area contributed by atoms with E-state index in [1.54, 1.807) is 18.2 Å². The van der Waals surface area contributed by atoms with Gasteiger partial charge in [-0.1, -0.05) is 12.1 Å². The van der Waals surface area contributed by atoms with E-state index < -0.39 is 0 Å². The summed E-state index contributed by atoms with van der Waals surface area (Å²) < 4.78 is 19.2. The second-order valence-electron chi connectivity index (χ2n) is 8.58. The van der Waals surface area contributed by atoms with Gasteiger partial charge in [0.05, 0.1) is 7.11 Å². The Morgan fingerprint density at radius 2 is 1.85 bits per heavy atom. The highest BCUT2D eigenvalue weighted by molar-refractivity contribution is 5.77. The lowest BCUT2D eigenvalue weighted by Crippen LogP contribution is -2.65. The van der Waals surface area contributed by atoms with Crippen LogP contribution in [0.25, 0.3) is 0 Å². The van der Waals surface area contributed by atoms with Crippen LogP contribution in [0.2, 0.25) is 0 Å². The maximum Gasteiger partial charge on any atom is 0.223 e. The molecule has 1 amide bonds. The number of benzene rings is 1. The Balaban J connectivity index is 1.42. The summed E-state index contributed by atoms with van der Waals surface area (Å²) in [6.45, 7) is 12.7. The molecule has 2 heterocycles. The van der Waals surface area contributed by atoms with E-state index in [0.29, 0.717) is 24.4 Å². The summed E-state index contributed by atoms with van der Waals surface area (Å²) >= 11 is 0. The van der Waals surface area contributed by atoms with E-state index >= 15 is 0 Å². The predicted octanol–water partition coefficient (Wildman–Crippen LogP) is 2.39. The van der Waals surface area contributed by atoms with Gasteiger partial charge in [-0.2, -0.15) is 0 Å². The number of carbonyl (C=O) groups is 1. The molecule has 2 fully saturated rings. The van der Waals surface area contributed by atoms with Crippen LogP contribution in [0, 0.1) is 5.82 Å². The van der Waals surface area contributed by atoms with Crippen molar-refractivity contribution in [1.82, 2.24) is 14.7 Å². The molecule has 6 heteroatoms. The fourth-order valence-electron chi connectivity index (χ4n) is 3.95. The Morgan fingerprint density at radius 3 is 2.44 bits per heavy atom. The molecule has 2 aliphatic rings. The van der Waals surface area contributed by atoms with Crippen LogP contribution < -0.4 is 4.74 Å². The summed E-state index contributed by atoms with van der Waals surface area (Å²) in [5, 5.41) is 0. The molecule has 150 valence electrons. The molecule has 0 aromatic heterocycles. The standard InChI is InChI=1S/C21H32FN3O2/c1-21(2,3)25-12-10-23(11-13-25)17-14-24(15-17)19(26)9-8-16-6-5-7-18(27-4)20(16)22/h5-7,17H,8-15H2,1-4H3. The van der Waals surface area contributed by atoms with E-state index in [1.807, 2.05) is 4.90 Å².